The summed E-state index contributed by atoms with van der Waals surface area (Å²) >= 11 is 0. The molecule has 3 nitrogen and oxygen atoms in total. The van der Waals surface area contributed by atoms with Gasteiger partial charge in [0, 0.05) is 44.9 Å². The van der Waals surface area contributed by atoms with E-state index in [0.29, 0.717) is 0 Å². The molecule has 12 aromatic rings. The molecule has 0 spiro atoms. The summed E-state index contributed by atoms with van der Waals surface area (Å²) in [5.74, 6) is 0. The van der Waals surface area contributed by atoms with Crippen molar-refractivity contribution in [2.75, 3.05) is 9.80 Å². The van der Waals surface area contributed by atoms with Crippen LogP contribution in [0, 0.1) is 0 Å². The number of hydrogen-bond acceptors (Lipinski definition) is 2. The molecule has 2 aliphatic rings. The number of rotatable bonds is 7. The van der Waals surface area contributed by atoms with E-state index in [9.17, 15) is 0 Å². The van der Waals surface area contributed by atoms with Crippen LogP contribution in [-0.2, 0) is 21.7 Å². The predicted octanol–water partition coefficient (Wildman–Crippen LogP) is 20.7. The molecule has 2 aliphatic heterocycles. The summed E-state index contributed by atoms with van der Waals surface area (Å²) in [4.78, 5) is 5.31. The zero-order valence-electron chi connectivity index (χ0n) is 52.0. The number of benzene rings is 11. The van der Waals surface area contributed by atoms with Crippen molar-refractivity contribution < 1.29 is 0 Å². The van der Waals surface area contributed by atoms with Gasteiger partial charge in [-0.25, -0.2) is 0 Å². The average Bonchev–Trinajstić information content (AvgIpc) is 0.826. The van der Waals surface area contributed by atoms with Crippen molar-refractivity contribution in [3.63, 3.8) is 0 Å². The minimum absolute atomic E-state index is 0.127. The molecular formula is C82H76BN3. The fourth-order valence-corrected chi connectivity index (χ4v) is 13.4. The van der Waals surface area contributed by atoms with Gasteiger partial charge in [-0.1, -0.05) is 265 Å². The van der Waals surface area contributed by atoms with E-state index in [1.165, 1.54) is 117 Å². The van der Waals surface area contributed by atoms with Crippen LogP contribution in [0.4, 0.5) is 34.1 Å². The van der Waals surface area contributed by atoms with Gasteiger partial charge in [0.25, 0.3) is 6.71 Å². The lowest BCUT2D eigenvalue weighted by Gasteiger charge is -2.45. The highest BCUT2D eigenvalue weighted by molar-refractivity contribution is 7.00. The first kappa shape index (κ1) is 54.8. The smallest absolute Gasteiger partial charge is 0.252 e. The molecule has 0 amide bonds. The number of aromatic nitrogens is 1. The lowest BCUT2D eigenvalue weighted by Crippen LogP contribution is -2.61. The summed E-state index contributed by atoms with van der Waals surface area (Å²) < 4.78 is 2.59. The highest BCUT2D eigenvalue weighted by atomic mass is 15.2. The Morgan fingerprint density at radius 3 is 0.872 bits per heavy atom. The minimum Gasteiger partial charge on any atom is -0.311 e. The van der Waals surface area contributed by atoms with Gasteiger partial charge in [-0.05, 0) is 165 Å². The van der Waals surface area contributed by atoms with E-state index in [1.54, 1.807) is 0 Å². The van der Waals surface area contributed by atoms with Crippen LogP contribution >= 0.6 is 0 Å². The molecule has 0 saturated heterocycles. The molecule has 14 rings (SSSR count). The lowest BCUT2D eigenvalue weighted by atomic mass is 9.33. The van der Waals surface area contributed by atoms with Crippen LogP contribution in [-0.4, -0.2) is 11.3 Å². The maximum absolute atomic E-state index is 2.66. The number of nitrogens with zero attached hydrogens (tertiary/aromatic N) is 3. The standard InChI is InChI=1S/C82H76BN3/c1-79(2,3)61-45-62(80(4,5)6)48-65(47-61)84-72-39-35-57(53-25-17-13-18-26-53)41-70(72)83-71-42-58(54-27-19-14-20-28-54)36-40-73(71)85(66-49-63(81(7,8)9)46-64(50-66)82(10,11)12)77-52-67(51-76(84)78(77)83)86-74-43-59(55-29-21-15-22-30-55)33-37-68(74)69-38-34-60(44-75(69)86)56-31-23-16-24-32-56/h13-52H,1-12H3. The van der Waals surface area contributed by atoms with Gasteiger partial charge >= 0.3 is 0 Å². The first-order valence-electron chi connectivity index (χ1n) is 30.8. The van der Waals surface area contributed by atoms with Gasteiger partial charge in [-0.3, -0.25) is 0 Å². The van der Waals surface area contributed by atoms with Crippen molar-refractivity contribution in [1.82, 2.24) is 4.57 Å². The van der Waals surface area contributed by atoms with Crippen LogP contribution in [0.1, 0.15) is 105 Å². The van der Waals surface area contributed by atoms with E-state index in [4.69, 9.17) is 0 Å². The van der Waals surface area contributed by atoms with Crippen LogP contribution < -0.4 is 26.2 Å². The van der Waals surface area contributed by atoms with Crippen molar-refractivity contribution in [2.24, 2.45) is 0 Å². The highest BCUT2D eigenvalue weighted by Crippen LogP contribution is 2.50. The summed E-state index contributed by atoms with van der Waals surface area (Å²) in [5.41, 5.74) is 28.6. The molecule has 0 bridgehead atoms. The molecular weight excluding hydrogens is 1040 g/mol. The topological polar surface area (TPSA) is 11.4 Å². The fourth-order valence-electron chi connectivity index (χ4n) is 13.4. The molecule has 422 valence electrons. The highest BCUT2D eigenvalue weighted by Gasteiger charge is 2.45. The Morgan fingerprint density at radius 2 is 0.558 bits per heavy atom. The summed E-state index contributed by atoms with van der Waals surface area (Å²) in [7, 11) is 0. The summed E-state index contributed by atoms with van der Waals surface area (Å²) in [6.45, 7) is 28.2. The van der Waals surface area contributed by atoms with E-state index < -0.39 is 0 Å². The Hall–Kier alpha value is -9.12. The van der Waals surface area contributed by atoms with Crippen molar-refractivity contribution in [3.05, 3.63) is 265 Å². The number of fused-ring (bicyclic) bond motifs is 7. The third kappa shape index (κ3) is 9.55. The molecule has 0 unspecified atom stereocenters. The Labute approximate surface area is 510 Å². The first-order chi connectivity index (χ1) is 41.2. The largest absolute Gasteiger partial charge is 0.311 e. The van der Waals surface area contributed by atoms with Crippen LogP contribution in [0.3, 0.4) is 0 Å². The maximum atomic E-state index is 2.66. The molecule has 1 aromatic heterocycles. The molecule has 0 aliphatic carbocycles. The van der Waals surface area contributed by atoms with Gasteiger partial charge in [-0.2, -0.15) is 0 Å². The zero-order chi connectivity index (χ0) is 59.6. The van der Waals surface area contributed by atoms with E-state index in [-0.39, 0.29) is 28.4 Å². The second kappa shape index (κ2) is 20.3. The van der Waals surface area contributed by atoms with Gasteiger partial charge in [0.2, 0.25) is 0 Å². The summed E-state index contributed by atoms with van der Waals surface area (Å²) in [6, 6.07) is 92.5. The normalized spacial score (nSPS) is 13.3. The molecule has 0 saturated carbocycles. The monoisotopic (exact) mass is 1110 g/mol. The van der Waals surface area contributed by atoms with Crippen LogP contribution in [0.5, 0.6) is 0 Å². The third-order valence-corrected chi connectivity index (χ3v) is 18.3. The molecule has 3 heterocycles. The Balaban J connectivity index is 1.18. The summed E-state index contributed by atoms with van der Waals surface area (Å²) in [6.07, 6.45) is 0. The first-order valence-corrected chi connectivity index (χ1v) is 30.8. The minimum atomic E-state index is -0.146. The maximum Gasteiger partial charge on any atom is 0.252 e. The Kier molecular flexibility index (Phi) is 12.9. The molecule has 0 N–H and O–H groups in total. The lowest BCUT2D eigenvalue weighted by molar-refractivity contribution is 0.568. The predicted molar refractivity (Wildman–Crippen MR) is 371 cm³/mol. The Morgan fingerprint density at radius 1 is 0.256 bits per heavy atom. The van der Waals surface area contributed by atoms with Gasteiger partial charge in [0.1, 0.15) is 0 Å². The Bertz CT molecular complexity index is 4250. The molecule has 0 atom stereocenters. The van der Waals surface area contributed by atoms with Gasteiger partial charge in [-0.15, -0.1) is 0 Å². The molecule has 0 radical (unpaired) electrons. The van der Waals surface area contributed by atoms with E-state index in [2.05, 4.69) is 340 Å². The van der Waals surface area contributed by atoms with Gasteiger partial charge in [0.05, 0.1) is 16.7 Å². The van der Waals surface area contributed by atoms with Crippen LogP contribution in [0.2, 0.25) is 0 Å². The SMILES string of the molecule is CC(C)(C)c1cc(N2c3ccc(-c4ccccc4)cc3B3c4cc(-c5ccccc5)ccc4N(c4cc(C(C)(C)C)cc(C(C)(C)C)c4)c4cc(-n5c6cc(-c7ccccc7)ccc6c6ccc(-c7ccccc7)cc65)cc2c43)cc(C(C)(C)C)c1. The third-order valence-electron chi connectivity index (χ3n) is 18.3. The quantitative estimate of drug-likeness (QED) is 0.147. The van der Waals surface area contributed by atoms with Crippen molar-refractivity contribution in [1.29, 1.82) is 0 Å². The van der Waals surface area contributed by atoms with Crippen molar-refractivity contribution >= 4 is 79.0 Å². The second-order valence-electron chi connectivity index (χ2n) is 28.3. The van der Waals surface area contributed by atoms with Crippen LogP contribution in [0.25, 0.3) is 72.0 Å². The van der Waals surface area contributed by atoms with Crippen LogP contribution in [0.15, 0.2) is 243 Å². The number of hydrogen-bond donors (Lipinski definition) is 0. The molecule has 0 fully saturated rings. The second-order valence-corrected chi connectivity index (χ2v) is 28.3. The fraction of sp³-hybridized carbons (Fsp3) is 0.195. The molecule has 4 heteroatoms. The van der Waals surface area contributed by atoms with E-state index in [0.717, 1.165) is 28.1 Å². The van der Waals surface area contributed by atoms with Crippen molar-refractivity contribution in [2.45, 2.75) is 105 Å². The molecule has 11 aromatic carbocycles. The zero-order valence-corrected chi connectivity index (χ0v) is 52.0. The van der Waals surface area contributed by atoms with E-state index >= 15 is 0 Å². The number of anilines is 6. The summed E-state index contributed by atoms with van der Waals surface area (Å²) in [5, 5.41) is 2.44. The van der Waals surface area contributed by atoms with Gasteiger partial charge in [0.15, 0.2) is 0 Å². The van der Waals surface area contributed by atoms with Crippen molar-refractivity contribution in [3.8, 4) is 50.2 Å². The average molecular weight is 1110 g/mol. The van der Waals surface area contributed by atoms with Gasteiger partial charge < -0.3 is 14.4 Å². The van der Waals surface area contributed by atoms with E-state index in [1.807, 2.05) is 0 Å². The molecule has 86 heavy (non-hydrogen) atoms.